The molecule has 152 valence electrons. The normalized spacial score (nSPS) is 13.4. The fourth-order valence-electron chi connectivity index (χ4n) is 3.20. The zero-order chi connectivity index (χ0) is 20.8. The second-order valence-corrected chi connectivity index (χ2v) is 6.64. The number of benzene rings is 2. The van der Waals surface area contributed by atoms with Crippen LogP contribution in [0.15, 0.2) is 48.5 Å². The SMILES string of the molecule is CCOc1ccc(C(=O)NCC(=O)O[C@@H](C)C(=O)N2CCc3ccccc32)cc1. The Bertz CT molecular complexity index is 894. The van der Waals surface area contributed by atoms with Gasteiger partial charge >= 0.3 is 5.97 Å². The summed E-state index contributed by atoms with van der Waals surface area (Å²) in [5, 5.41) is 2.50. The first kappa shape index (κ1) is 20.4. The summed E-state index contributed by atoms with van der Waals surface area (Å²) in [5.41, 5.74) is 2.35. The minimum Gasteiger partial charge on any atom is -0.494 e. The van der Waals surface area contributed by atoms with Gasteiger partial charge < -0.3 is 19.7 Å². The molecule has 2 aromatic rings. The van der Waals surface area contributed by atoms with Crippen molar-refractivity contribution in [1.82, 2.24) is 5.32 Å². The van der Waals surface area contributed by atoms with E-state index in [2.05, 4.69) is 5.32 Å². The Morgan fingerprint density at radius 2 is 1.83 bits per heavy atom. The van der Waals surface area contributed by atoms with Gasteiger partial charge in [-0.25, -0.2) is 0 Å². The van der Waals surface area contributed by atoms with Gasteiger partial charge in [0.25, 0.3) is 11.8 Å². The Morgan fingerprint density at radius 3 is 2.55 bits per heavy atom. The Hall–Kier alpha value is -3.35. The number of hydrogen-bond acceptors (Lipinski definition) is 5. The molecular weight excluding hydrogens is 372 g/mol. The van der Waals surface area contributed by atoms with Gasteiger partial charge in [-0.1, -0.05) is 18.2 Å². The second-order valence-electron chi connectivity index (χ2n) is 6.64. The highest BCUT2D eigenvalue weighted by Crippen LogP contribution is 2.28. The molecule has 29 heavy (non-hydrogen) atoms. The summed E-state index contributed by atoms with van der Waals surface area (Å²) in [4.78, 5) is 38.5. The first-order valence-electron chi connectivity index (χ1n) is 9.59. The largest absolute Gasteiger partial charge is 0.494 e. The molecule has 1 atom stereocenters. The molecule has 2 aromatic carbocycles. The lowest BCUT2D eigenvalue weighted by Crippen LogP contribution is -2.41. The Morgan fingerprint density at radius 1 is 1.10 bits per heavy atom. The summed E-state index contributed by atoms with van der Waals surface area (Å²) in [5.74, 6) is -0.685. The van der Waals surface area contributed by atoms with Gasteiger partial charge in [-0.3, -0.25) is 14.4 Å². The van der Waals surface area contributed by atoms with Crippen molar-refractivity contribution in [3.05, 3.63) is 59.7 Å². The van der Waals surface area contributed by atoms with Crippen LogP contribution in [0.2, 0.25) is 0 Å². The summed E-state index contributed by atoms with van der Waals surface area (Å²) in [7, 11) is 0. The maximum absolute atomic E-state index is 12.6. The smallest absolute Gasteiger partial charge is 0.326 e. The number of rotatable bonds is 7. The maximum Gasteiger partial charge on any atom is 0.326 e. The van der Waals surface area contributed by atoms with Crippen LogP contribution < -0.4 is 15.0 Å². The number of nitrogens with zero attached hydrogens (tertiary/aromatic N) is 1. The first-order valence-corrected chi connectivity index (χ1v) is 9.59. The molecule has 0 radical (unpaired) electrons. The third-order valence-corrected chi connectivity index (χ3v) is 4.63. The quantitative estimate of drug-likeness (QED) is 0.726. The summed E-state index contributed by atoms with van der Waals surface area (Å²) >= 11 is 0. The second kappa shape index (κ2) is 9.23. The number of para-hydroxylation sites is 1. The van der Waals surface area contributed by atoms with Gasteiger partial charge in [-0.15, -0.1) is 0 Å². The van der Waals surface area contributed by atoms with Crippen molar-refractivity contribution in [3.63, 3.8) is 0 Å². The number of amides is 2. The van der Waals surface area contributed by atoms with E-state index in [1.807, 2.05) is 31.2 Å². The van der Waals surface area contributed by atoms with Crippen molar-refractivity contribution in [1.29, 1.82) is 0 Å². The Balaban J connectivity index is 1.49. The lowest BCUT2D eigenvalue weighted by molar-refractivity contribution is -0.152. The van der Waals surface area contributed by atoms with Crippen LogP contribution in [-0.4, -0.2) is 43.6 Å². The van der Waals surface area contributed by atoms with Crippen molar-refractivity contribution >= 4 is 23.5 Å². The van der Waals surface area contributed by atoms with E-state index in [0.717, 1.165) is 17.7 Å². The number of nitrogens with one attached hydrogen (secondary N) is 1. The number of carbonyl (C=O) groups is 3. The molecule has 0 aliphatic carbocycles. The fraction of sp³-hybridized carbons (Fsp3) is 0.318. The molecule has 0 bridgehead atoms. The molecule has 1 heterocycles. The third kappa shape index (κ3) is 4.93. The van der Waals surface area contributed by atoms with Crippen LogP contribution in [0, 0.1) is 0 Å². The van der Waals surface area contributed by atoms with E-state index in [-0.39, 0.29) is 12.5 Å². The number of ether oxygens (including phenoxy) is 2. The lowest BCUT2D eigenvalue weighted by atomic mass is 10.2. The Kier molecular flexibility index (Phi) is 6.49. The molecule has 7 heteroatoms. The molecule has 0 unspecified atom stereocenters. The lowest BCUT2D eigenvalue weighted by Gasteiger charge is -2.21. The summed E-state index contributed by atoms with van der Waals surface area (Å²) in [6.45, 7) is 4.20. The van der Waals surface area contributed by atoms with E-state index < -0.39 is 18.0 Å². The molecule has 3 rings (SSSR count). The van der Waals surface area contributed by atoms with E-state index in [9.17, 15) is 14.4 Å². The van der Waals surface area contributed by atoms with Crippen LogP contribution in [0.3, 0.4) is 0 Å². The molecule has 1 aliphatic rings. The minimum atomic E-state index is -0.934. The van der Waals surface area contributed by atoms with Crippen molar-refractivity contribution in [2.75, 3.05) is 24.6 Å². The highest BCUT2D eigenvalue weighted by atomic mass is 16.5. The van der Waals surface area contributed by atoms with Crippen molar-refractivity contribution < 1.29 is 23.9 Å². The predicted octanol–water partition coefficient (Wildman–Crippen LogP) is 2.34. The van der Waals surface area contributed by atoms with Gasteiger partial charge in [0.1, 0.15) is 12.3 Å². The molecule has 0 spiro atoms. The molecule has 7 nitrogen and oxygen atoms in total. The third-order valence-electron chi connectivity index (χ3n) is 4.63. The van der Waals surface area contributed by atoms with Crippen LogP contribution in [-0.2, 0) is 20.7 Å². The van der Waals surface area contributed by atoms with Gasteiger partial charge in [0, 0.05) is 17.8 Å². The number of carbonyl (C=O) groups excluding carboxylic acids is 3. The van der Waals surface area contributed by atoms with E-state index in [4.69, 9.17) is 9.47 Å². The molecule has 0 saturated heterocycles. The number of hydrogen-bond donors (Lipinski definition) is 1. The molecule has 0 aromatic heterocycles. The van der Waals surface area contributed by atoms with Gasteiger partial charge in [0.15, 0.2) is 6.10 Å². The van der Waals surface area contributed by atoms with E-state index in [1.165, 1.54) is 6.92 Å². The van der Waals surface area contributed by atoms with Crippen LogP contribution >= 0.6 is 0 Å². The molecule has 1 N–H and O–H groups in total. The minimum absolute atomic E-state index is 0.277. The van der Waals surface area contributed by atoms with Gasteiger partial charge in [-0.2, -0.15) is 0 Å². The highest BCUT2D eigenvalue weighted by Gasteiger charge is 2.29. The fourth-order valence-corrected chi connectivity index (χ4v) is 3.20. The van der Waals surface area contributed by atoms with Crippen LogP contribution in [0.25, 0.3) is 0 Å². The average molecular weight is 396 g/mol. The standard InChI is InChI=1S/C22H24N2O5/c1-3-28-18-10-8-17(9-11-18)21(26)23-14-20(25)29-15(2)22(27)24-13-12-16-6-4-5-7-19(16)24/h4-11,15H,3,12-14H2,1-2H3,(H,23,26)/t15-/m0/s1. The zero-order valence-corrected chi connectivity index (χ0v) is 16.5. The van der Waals surface area contributed by atoms with Crippen LogP contribution in [0.5, 0.6) is 5.75 Å². The topological polar surface area (TPSA) is 84.9 Å². The summed E-state index contributed by atoms with van der Waals surface area (Å²) in [6, 6.07) is 14.3. The number of esters is 1. The zero-order valence-electron chi connectivity index (χ0n) is 16.5. The van der Waals surface area contributed by atoms with Gasteiger partial charge in [0.2, 0.25) is 0 Å². The molecular formula is C22H24N2O5. The highest BCUT2D eigenvalue weighted by molar-refractivity contribution is 5.99. The van der Waals surface area contributed by atoms with Crippen molar-refractivity contribution in [2.24, 2.45) is 0 Å². The number of fused-ring (bicyclic) bond motifs is 1. The van der Waals surface area contributed by atoms with Crippen molar-refractivity contribution in [3.8, 4) is 5.75 Å². The van der Waals surface area contributed by atoms with Gasteiger partial charge in [-0.05, 0) is 56.2 Å². The van der Waals surface area contributed by atoms with E-state index in [0.29, 0.717) is 24.5 Å². The predicted molar refractivity (Wildman–Crippen MR) is 108 cm³/mol. The summed E-state index contributed by atoms with van der Waals surface area (Å²) in [6.07, 6.45) is -0.156. The van der Waals surface area contributed by atoms with Crippen molar-refractivity contribution in [2.45, 2.75) is 26.4 Å². The molecule has 0 fully saturated rings. The molecule has 0 saturated carbocycles. The van der Waals surface area contributed by atoms with Crippen LogP contribution in [0.1, 0.15) is 29.8 Å². The summed E-state index contributed by atoms with van der Waals surface area (Å²) < 4.78 is 10.5. The molecule has 2 amide bonds. The monoisotopic (exact) mass is 396 g/mol. The number of anilines is 1. The Labute approximate surface area is 169 Å². The first-order chi connectivity index (χ1) is 14.0. The molecule has 1 aliphatic heterocycles. The maximum atomic E-state index is 12.6. The van der Waals surface area contributed by atoms with Crippen LogP contribution in [0.4, 0.5) is 5.69 Å². The van der Waals surface area contributed by atoms with E-state index in [1.54, 1.807) is 29.2 Å². The van der Waals surface area contributed by atoms with Gasteiger partial charge in [0.05, 0.1) is 6.61 Å². The van der Waals surface area contributed by atoms with E-state index >= 15 is 0 Å². The average Bonchev–Trinajstić information content (AvgIpc) is 3.16.